The third-order valence-corrected chi connectivity index (χ3v) is 8.28. The second-order valence-electron chi connectivity index (χ2n) is 11.1. The third-order valence-electron chi connectivity index (χ3n) is 8.28. The Morgan fingerprint density at radius 1 is 1.05 bits per heavy atom. The molecule has 2 aliphatic heterocycles. The zero-order valence-electron chi connectivity index (χ0n) is 22.6. The van der Waals surface area contributed by atoms with E-state index in [2.05, 4.69) is 84.1 Å². The van der Waals surface area contributed by atoms with Gasteiger partial charge in [0.25, 0.3) is 0 Å². The summed E-state index contributed by atoms with van der Waals surface area (Å²) >= 11 is 0. The van der Waals surface area contributed by atoms with Gasteiger partial charge in [0.1, 0.15) is 19.0 Å². The highest BCUT2D eigenvalue weighted by molar-refractivity contribution is 5.82. The molecule has 6 rings (SSSR count). The monoisotopic (exact) mass is 521 g/mol. The number of carbonyl (C=O) groups excluding carboxylic acids is 1. The highest BCUT2D eigenvalue weighted by atomic mass is 16.6. The number of benzene rings is 2. The van der Waals surface area contributed by atoms with E-state index in [9.17, 15) is 4.79 Å². The molecule has 0 saturated carbocycles. The van der Waals surface area contributed by atoms with E-state index in [0.29, 0.717) is 25.6 Å². The lowest BCUT2D eigenvalue weighted by atomic mass is 9.85. The van der Waals surface area contributed by atoms with Crippen molar-refractivity contribution < 1.29 is 14.3 Å². The zero-order valence-corrected chi connectivity index (χ0v) is 22.6. The first-order chi connectivity index (χ1) is 19.0. The van der Waals surface area contributed by atoms with Crippen molar-refractivity contribution in [3.8, 4) is 11.5 Å². The van der Waals surface area contributed by atoms with Gasteiger partial charge in [0.15, 0.2) is 11.5 Å². The topological polar surface area (TPSA) is 59.6 Å². The van der Waals surface area contributed by atoms with Gasteiger partial charge in [0, 0.05) is 17.9 Å². The van der Waals surface area contributed by atoms with Crippen LogP contribution in [0.15, 0.2) is 85.1 Å². The van der Waals surface area contributed by atoms with E-state index >= 15 is 0 Å². The lowest BCUT2D eigenvalue weighted by molar-refractivity contribution is -0.119. The van der Waals surface area contributed by atoms with E-state index in [-0.39, 0.29) is 23.9 Å². The van der Waals surface area contributed by atoms with Crippen molar-refractivity contribution in [2.45, 2.75) is 57.2 Å². The minimum Gasteiger partial charge on any atom is -0.486 e. The Hall–Kier alpha value is -3.57. The summed E-state index contributed by atoms with van der Waals surface area (Å²) in [6.07, 6.45) is 15.5. The summed E-state index contributed by atoms with van der Waals surface area (Å²) in [5.74, 6) is 3.49. The molecule has 2 heterocycles. The molecule has 0 amide bonds. The van der Waals surface area contributed by atoms with Crippen LogP contribution >= 0.6 is 0 Å². The molecule has 0 spiro atoms. The van der Waals surface area contributed by atoms with Crippen LogP contribution in [0.4, 0.5) is 0 Å². The molecule has 5 nitrogen and oxygen atoms in total. The minimum absolute atomic E-state index is 0.0555. The molecule has 3 unspecified atom stereocenters. The molecule has 0 bridgehead atoms. The molecule has 2 aromatic rings. The second kappa shape index (κ2) is 11.3. The summed E-state index contributed by atoms with van der Waals surface area (Å²) in [6.45, 7) is 7.40. The molecule has 2 aliphatic carbocycles. The molecule has 2 N–H and O–H groups in total. The second-order valence-corrected chi connectivity index (χ2v) is 11.1. The van der Waals surface area contributed by atoms with Crippen LogP contribution in [0.1, 0.15) is 49.3 Å². The van der Waals surface area contributed by atoms with Gasteiger partial charge in [-0.2, -0.15) is 0 Å². The summed E-state index contributed by atoms with van der Waals surface area (Å²) in [4.78, 5) is 12.8. The minimum atomic E-state index is -0.255. The molecular formula is C34H37N2O3. The fourth-order valence-electron chi connectivity index (χ4n) is 5.89. The van der Waals surface area contributed by atoms with Gasteiger partial charge in [-0.15, -0.1) is 0 Å². The van der Waals surface area contributed by atoms with Gasteiger partial charge in [-0.05, 0) is 73.2 Å². The van der Waals surface area contributed by atoms with Crippen molar-refractivity contribution in [1.29, 1.82) is 0 Å². The summed E-state index contributed by atoms with van der Waals surface area (Å²) in [6, 6.07) is 14.9. The summed E-state index contributed by atoms with van der Waals surface area (Å²) in [5.41, 5.74) is 5.86. The number of ether oxygens (including phenoxy) is 2. The van der Waals surface area contributed by atoms with E-state index < -0.39 is 0 Å². The Balaban J connectivity index is 1.22. The molecule has 201 valence electrons. The van der Waals surface area contributed by atoms with Crippen LogP contribution in [0.3, 0.4) is 0 Å². The van der Waals surface area contributed by atoms with Crippen LogP contribution in [0, 0.1) is 11.8 Å². The number of Topliss-reactive ketones (excluding diaryl/α,β-unsaturated/α-hetero) is 1. The molecular weight excluding hydrogens is 484 g/mol. The van der Waals surface area contributed by atoms with Gasteiger partial charge in [-0.1, -0.05) is 73.2 Å². The Morgan fingerprint density at radius 2 is 1.82 bits per heavy atom. The van der Waals surface area contributed by atoms with Gasteiger partial charge < -0.3 is 20.1 Å². The maximum Gasteiger partial charge on any atom is 0.161 e. The molecule has 0 fully saturated rings. The van der Waals surface area contributed by atoms with Crippen LogP contribution in [0.2, 0.25) is 0 Å². The van der Waals surface area contributed by atoms with Crippen molar-refractivity contribution in [2.24, 2.45) is 5.92 Å². The zero-order chi connectivity index (χ0) is 26.8. The summed E-state index contributed by atoms with van der Waals surface area (Å²) in [5, 5.41) is 7.27. The molecule has 0 aromatic heterocycles. The van der Waals surface area contributed by atoms with Crippen molar-refractivity contribution in [3.63, 3.8) is 0 Å². The van der Waals surface area contributed by atoms with E-state index in [1.807, 2.05) is 6.07 Å². The fraction of sp³-hybridized carbons (Fsp3) is 0.353. The van der Waals surface area contributed by atoms with Crippen LogP contribution < -0.4 is 20.1 Å². The Labute approximate surface area is 231 Å². The number of hydrogen-bond donors (Lipinski definition) is 2. The Morgan fingerprint density at radius 3 is 2.59 bits per heavy atom. The molecule has 1 radical (unpaired) electrons. The normalized spacial score (nSPS) is 26.2. The SMILES string of the molecule is C=C1C/C(c2ccc3c(c2)OCCO3)=C\C2NC=CC2CCCC1N[C@@H](Cc1ccc([C]2C=C2)cc1)C(C)=O. The van der Waals surface area contributed by atoms with Crippen LogP contribution in [0.25, 0.3) is 5.57 Å². The Kier molecular flexibility index (Phi) is 7.43. The largest absolute Gasteiger partial charge is 0.486 e. The number of carbonyl (C=O) groups is 1. The van der Waals surface area contributed by atoms with Crippen molar-refractivity contribution in [1.82, 2.24) is 10.6 Å². The van der Waals surface area contributed by atoms with E-state index in [4.69, 9.17) is 9.47 Å². The van der Waals surface area contributed by atoms with Gasteiger partial charge in [-0.25, -0.2) is 0 Å². The number of allylic oxidation sites excluding steroid dienone is 3. The average Bonchev–Trinajstić information content (AvgIpc) is 3.71. The smallest absolute Gasteiger partial charge is 0.161 e. The molecule has 4 aliphatic rings. The first kappa shape index (κ1) is 25.7. The van der Waals surface area contributed by atoms with E-state index in [1.165, 1.54) is 22.6 Å². The summed E-state index contributed by atoms with van der Waals surface area (Å²) < 4.78 is 11.7. The van der Waals surface area contributed by atoms with Crippen LogP contribution in [0.5, 0.6) is 11.5 Å². The van der Waals surface area contributed by atoms with Crippen molar-refractivity contribution >= 4 is 11.4 Å². The predicted octanol–water partition coefficient (Wildman–Crippen LogP) is 5.72. The lowest BCUT2D eigenvalue weighted by Crippen LogP contribution is -2.45. The van der Waals surface area contributed by atoms with E-state index in [0.717, 1.165) is 48.3 Å². The standard InChI is InChI=1S/C34H37N2O3/c1-22-18-29(28-12-13-33-34(21-28)39-17-16-38-33)20-32-27(14-15-35-32)4-3-5-30(22)36-31(23(2)37)19-24-6-8-25(9-7-24)26-10-11-26/h6-15,20-21,27,30-32,35-36H,1,3-5,16-19H2,2H3/b29-20+/t27?,30?,31-,32?/m0/s1. The van der Waals surface area contributed by atoms with Crippen LogP contribution in [-0.4, -0.2) is 37.1 Å². The molecule has 39 heavy (non-hydrogen) atoms. The number of hydrogen-bond acceptors (Lipinski definition) is 5. The van der Waals surface area contributed by atoms with Gasteiger partial charge in [0.2, 0.25) is 0 Å². The summed E-state index contributed by atoms with van der Waals surface area (Å²) in [7, 11) is 0. The number of ketones is 1. The van der Waals surface area contributed by atoms with Gasteiger partial charge >= 0.3 is 0 Å². The average molecular weight is 522 g/mol. The maximum absolute atomic E-state index is 12.8. The highest BCUT2D eigenvalue weighted by Crippen LogP contribution is 2.37. The van der Waals surface area contributed by atoms with Crippen molar-refractivity contribution in [2.75, 3.05) is 13.2 Å². The quantitative estimate of drug-likeness (QED) is 0.456. The fourth-order valence-corrected chi connectivity index (χ4v) is 5.89. The number of rotatable bonds is 7. The molecule has 4 atom stereocenters. The first-order valence-corrected chi connectivity index (χ1v) is 14.2. The molecule has 0 saturated heterocycles. The van der Waals surface area contributed by atoms with Gasteiger partial charge in [-0.3, -0.25) is 4.79 Å². The van der Waals surface area contributed by atoms with Gasteiger partial charge in [0.05, 0.1) is 12.1 Å². The lowest BCUT2D eigenvalue weighted by Gasteiger charge is -2.29. The molecule has 5 heteroatoms. The number of nitrogens with one attached hydrogen (secondary N) is 2. The first-order valence-electron chi connectivity index (χ1n) is 14.2. The maximum atomic E-state index is 12.8. The molecule has 2 aromatic carbocycles. The van der Waals surface area contributed by atoms with Crippen LogP contribution in [-0.2, 0) is 11.2 Å². The van der Waals surface area contributed by atoms with Crippen molar-refractivity contribution in [3.05, 3.63) is 108 Å². The number of fused-ring (bicyclic) bond motifs is 2. The predicted molar refractivity (Wildman–Crippen MR) is 156 cm³/mol. The Bertz CT molecular complexity index is 1320. The van der Waals surface area contributed by atoms with E-state index in [1.54, 1.807) is 6.92 Å². The third kappa shape index (κ3) is 6.04. The highest BCUT2D eigenvalue weighted by Gasteiger charge is 2.27.